The lowest BCUT2D eigenvalue weighted by atomic mass is 9.92. The standard InChI is InChI=1S/C27H39N5O7/c1-19(26(36)37)30-32(24(34)16-29-27(38)39-18-21-6-3-2-4-7-21)25(35)22-8-5-15-31(17-22)23(33)10-9-20-11-13-28-14-12-20/h2-4,6-7,19-20,22,28,30H,5,8-18H2,1H3,(H,29,38)(H,36,37)/t19-,22-/m1/s1. The van der Waals surface area contributed by atoms with Crippen LogP contribution in [0.15, 0.2) is 30.3 Å². The van der Waals surface area contributed by atoms with E-state index in [4.69, 9.17) is 4.74 Å². The van der Waals surface area contributed by atoms with Gasteiger partial charge in [0.2, 0.25) is 11.8 Å². The molecule has 0 aliphatic carbocycles. The van der Waals surface area contributed by atoms with Crippen LogP contribution in [0.25, 0.3) is 0 Å². The Morgan fingerprint density at radius 1 is 1.13 bits per heavy atom. The first-order chi connectivity index (χ1) is 18.7. The van der Waals surface area contributed by atoms with Crippen molar-refractivity contribution >= 4 is 29.8 Å². The Morgan fingerprint density at radius 2 is 1.85 bits per heavy atom. The molecule has 0 saturated carbocycles. The largest absolute Gasteiger partial charge is 0.480 e. The van der Waals surface area contributed by atoms with Crippen molar-refractivity contribution in [3.05, 3.63) is 35.9 Å². The van der Waals surface area contributed by atoms with E-state index in [-0.39, 0.29) is 19.1 Å². The SMILES string of the molecule is C[C@@H](NN(C(=O)CNC(=O)OCc1ccccc1)C(=O)[C@@H]1CCCN(C(=O)CCC2CCNCC2)C1)C(=O)O. The Labute approximate surface area is 228 Å². The maximum Gasteiger partial charge on any atom is 0.407 e. The molecule has 0 aromatic heterocycles. The molecule has 0 unspecified atom stereocenters. The van der Waals surface area contributed by atoms with Crippen LogP contribution in [0, 0.1) is 11.8 Å². The van der Waals surface area contributed by atoms with Crippen molar-refractivity contribution in [1.82, 2.24) is 26.0 Å². The number of aliphatic carboxylic acids is 1. The fraction of sp³-hybridized carbons (Fsp3) is 0.593. The van der Waals surface area contributed by atoms with Crippen LogP contribution >= 0.6 is 0 Å². The highest BCUT2D eigenvalue weighted by Crippen LogP contribution is 2.22. The average molecular weight is 546 g/mol. The lowest BCUT2D eigenvalue weighted by Gasteiger charge is -2.35. The summed E-state index contributed by atoms with van der Waals surface area (Å²) in [5, 5.41) is 15.6. The first kappa shape index (κ1) is 30.0. The second-order valence-electron chi connectivity index (χ2n) is 10.1. The fourth-order valence-electron chi connectivity index (χ4n) is 4.75. The number of ether oxygens (including phenoxy) is 1. The van der Waals surface area contributed by atoms with Gasteiger partial charge in [-0.05, 0) is 63.6 Å². The van der Waals surface area contributed by atoms with Crippen molar-refractivity contribution in [3.8, 4) is 0 Å². The molecule has 4 amide bonds. The van der Waals surface area contributed by atoms with Gasteiger partial charge in [-0.1, -0.05) is 30.3 Å². The second kappa shape index (κ2) is 15.2. The minimum absolute atomic E-state index is 0.00137. The first-order valence-corrected chi connectivity index (χ1v) is 13.5. The molecule has 39 heavy (non-hydrogen) atoms. The number of piperidine rings is 2. The summed E-state index contributed by atoms with van der Waals surface area (Å²) in [6.07, 6.45) is 3.52. The molecule has 0 bridgehead atoms. The van der Waals surface area contributed by atoms with Crippen molar-refractivity contribution in [3.63, 3.8) is 0 Å². The van der Waals surface area contributed by atoms with E-state index in [1.54, 1.807) is 29.2 Å². The number of hydrogen-bond donors (Lipinski definition) is 4. The zero-order valence-corrected chi connectivity index (χ0v) is 22.4. The number of nitrogens with one attached hydrogen (secondary N) is 3. The summed E-state index contributed by atoms with van der Waals surface area (Å²) in [4.78, 5) is 64.4. The van der Waals surface area contributed by atoms with Crippen LogP contribution in [0.5, 0.6) is 0 Å². The zero-order chi connectivity index (χ0) is 28.2. The van der Waals surface area contributed by atoms with E-state index < -0.39 is 42.4 Å². The van der Waals surface area contributed by atoms with Gasteiger partial charge >= 0.3 is 12.1 Å². The number of alkyl carbamates (subject to hydrolysis) is 1. The summed E-state index contributed by atoms with van der Waals surface area (Å²) in [5.74, 6) is -2.90. The normalized spacial score (nSPS) is 18.6. The van der Waals surface area contributed by atoms with Crippen LogP contribution in [0.2, 0.25) is 0 Å². The topological polar surface area (TPSA) is 157 Å². The third kappa shape index (κ3) is 9.63. The monoisotopic (exact) mass is 545 g/mol. The summed E-state index contributed by atoms with van der Waals surface area (Å²) in [7, 11) is 0. The number of nitrogens with zero attached hydrogens (tertiary/aromatic N) is 2. The number of amides is 4. The molecule has 2 fully saturated rings. The van der Waals surface area contributed by atoms with Gasteiger partial charge in [0.1, 0.15) is 19.2 Å². The molecule has 2 atom stereocenters. The molecule has 0 radical (unpaired) electrons. The highest BCUT2D eigenvalue weighted by atomic mass is 16.5. The van der Waals surface area contributed by atoms with Crippen LogP contribution < -0.4 is 16.1 Å². The number of carboxylic acid groups (broad SMARTS) is 1. The van der Waals surface area contributed by atoms with E-state index >= 15 is 0 Å². The van der Waals surface area contributed by atoms with Crippen molar-refractivity contribution in [1.29, 1.82) is 0 Å². The summed E-state index contributed by atoms with van der Waals surface area (Å²) in [5.41, 5.74) is 3.20. The van der Waals surface area contributed by atoms with E-state index in [0.717, 1.165) is 37.9 Å². The molecule has 2 aliphatic heterocycles. The molecule has 2 heterocycles. The Bertz CT molecular complexity index is 999. The summed E-state index contributed by atoms with van der Waals surface area (Å²) < 4.78 is 5.09. The average Bonchev–Trinajstić information content (AvgIpc) is 2.96. The molecule has 214 valence electrons. The molecule has 1 aromatic rings. The minimum Gasteiger partial charge on any atom is -0.480 e. The molecule has 0 spiro atoms. The minimum atomic E-state index is -1.26. The number of hydrogen-bond acceptors (Lipinski definition) is 8. The predicted molar refractivity (Wildman–Crippen MR) is 141 cm³/mol. The van der Waals surface area contributed by atoms with Gasteiger partial charge < -0.3 is 25.4 Å². The van der Waals surface area contributed by atoms with E-state index in [2.05, 4.69) is 16.1 Å². The van der Waals surface area contributed by atoms with Gasteiger partial charge in [0, 0.05) is 19.5 Å². The van der Waals surface area contributed by atoms with Crippen molar-refractivity contribution < 1.29 is 33.8 Å². The molecule has 1 aromatic carbocycles. The number of carbonyl (C=O) groups is 5. The van der Waals surface area contributed by atoms with Crippen molar-refractivity contribution in [2.24, 2.45) is 11.8 Å². The second-order valence-corrected chi connectivity index (χ2v) is 10.1. The molecule has 2 aliphatic rings. The number of likely N-dealkylation sites (tertiary alicyclic amines) is 1. The van der Waals surface area contributed by atoms with Crippen molar-refractivity contribution in [2.75, 3.05) is 32.7 Å². The zero-order valence-electron chi connectivity index (χ0n) is 22.4. The highest BCUT2D eigenvalue weighted by Gasteiger charge is 2.35. The number of hydrazine groups is 1. The van der Waals surface area contributed by atoms with Crippen molar-refractivity contribution in [2.45, 2.75) is 58.1 Å². The van der Waals surface area contributed by atoms with Gasteiger partial charge in [-0.3, -0.25) is 19.2 Å². The van der Waals surface area contributed by atoms with Crippen LogP contribution in [0.1, 0.15) is 51.0 Å². The number of imide groups is 1. The van der Waals surface area contributed by atoms with Crippen LogP contribution in [0.4, 0.5) is 4.79 Å². The first-order valence-electron chi connectivity index (χ1n) is 13.5. The maximum atomic E-state index is 13.4. The Balaban J connectivity index is 1.55. The third-order valence-electron chi connectivity index (χ3n) is 7.11. The molecule has 12 heteroatoms. The van der Waals surface area contributed by atoms with Gasteiger partial charge in [-0.15, -0.1) is 0 Å². The predicted octanol–water partition coefficient (Wildman–Crippen LogP) is 1.26. The lowest BCUT2D eigenvalue weighted by Crippen LogP contribution is -2.58. The van der Waals surface area contributed by atoms with Crippen LogP contribution in [-0.4, -0.2) is 83.6 Å². The van der Waals surface area contributed by atoms with Gasteiger partial charge in [0.15, 0.2) is 0 Å². The maximum absolute atomic E-state index is 13.4. The van der Waals surface area contributed by atoms with Crippen LogP contribution in [0.3, 0.4) is 0 Å². The molecule has 4 N–H and O–H groups in total. The quantitative estimate of drug-likeness (QED) is 0.301. The summed E-state index contributed by atoms with van der Waals surface area (Å²) >= 11 is 0. The summed E-state index contributed by atoms with van der Waals surface area (Å²) in [6, 6.07) is 7.74. The summed E-state index contributed by atoms with van der Waals surface area (Å²) in [6.45, 7) is 3.34. The smallest absolute Gasteiger partial charge is 0.407 e. The molecule has 12 nitrogen and oxygen atoms in total. The molecule has 3 rings (SSSR count). The van der Waals surface area contributed by atoms with E-state index in [9.17, 15) is 29.1 Å². The molecular formula is C27H39N5O7. The number of rotatable bonds is 11. The Kier molecular flexibility index (Phi) is 11.7. The highest BCUT2D eigenvalue weighted by molar-refractivity contribution is 5.98. The van der Waals surface area contributed by atoms with E-state index in [0.29, 0.717) is 36.7 Å². The number of carbonyl (C=O) groups excluding carboxylic acids is 4. The lowest BCUT2D eigenvalue weighted by molar-refractivity contribution is -0.155. The molecular weight excluding hydrogens is 506 g/mol. The van der Waals surface area contributed by atoms with Gasteiger partial charge in [-0.25, -0.2) is 15.2 Å². The van der Waals surface area contributed by atoms with Gasteiger partial charge in [0.25, 0.3) is 5.91 Å². The van der Waals surface area contributed by atoms with Crippen LogP contribution in [-0.2, 0) is 30.5 Å². The third-order valence-corrected chi connectivity index (χ3v) is 7.11. The Hall–Kier alpha value is -3.51. The Morgan fingerprint density at radius 3 is 2.54 bits per heavy atom. The molecule has 2 saturated heterocycles. The number of benzene rings is 1. The van der Waals surface area contributed by atoms with E-state index in [1.807, 2.05) is 6.07 Å². The van der Waals surface area contributed by atoms with E-state index in [1.165, 1.54) is 6.92 Å². The van der Waals surface area contributed by atoms with Gasteiger partial charge in [-0.2, -0.15) is 0 Å². The number of carboxylic acids is 1. The van der Waals surface area contributed by atoms with Gasteiger partial charge in [0.05, 0.1) is 5.92 Å². The fourth-order valence-corrected chi connectivity index (χ4v) is 4.75.